The number of esters is 1. The predicted octanol–water partition coefficient (Wildman–Crippen LogP) is 2.84. The lowest BCUT2D eigenvalue weighted by molar-refractivity contribution is -0.152. The summed E-state index contributed by atoms with van der Waals surface area (Å²) in [5.74, 6) is 0.0949. The summed E-state index contributed by atoms with van der Waals surface area (Å²) >= 11 is 3.27. The number of hydrogen-bond acceptors (Lipinski definition) is 4. The van der Waals surface area contributed by atoms with Crippen molar-refractivity contribution in [2.45, 2.75) is 13.8 Å². The van der Waals surface area contributed by atoms with E-state index in [1.807, 2.05) is 0 Å². The Morgan fingerprint density at radius 2 is 2.11 bits per heavy atom. The SMILES string of the molecule is COC(=O)C(C)(C)COc1ccc(Br)cc1C=O. The molecule has 0 amide bonds. The molecule has 0 radical (unpaired) electrons. The van der Waals surface area contributed by atoms with Crippen molar-refractivity contribution in [3.05, 3.63) is 28.2 Å². The molecule has 0 spiro atoms. The Morgan fingerprint density at radius 1 is 1.44 bits per heavy atom. The Balaban J connectivity index is 2.80. The summed E-state index contributed by atoms with van der Waals surface area (Å²) in [5, 5.41) is 0. The lowest BCUT2D eigenvalue weighted by atomic mass is 9.95. The highest BCUT2D eigenvalue weighted by molar-refractivity contribution is 9.10. The quantitative estimate of drug-likeness (QED) is 0.619. The van der Waals surface area contributed by atoms with E-state index >= 15 is 0 Å². The van der Waals surface area contributed by atoms with Gasteiger partial charge in [-0.25, -0.2) is 0 Å². The van der Waals surface area contributed by atoms with Gasteiger partial charge in [-0.2, -0.15) is 0 Å². The van der Waals surface area contributed by atoms with Crippen LogP contribution in [0.1, 0.15) is 24.2 Å². The maximum Gasteiger partial charge on any atom is 0.314 e. The molecular weight excluding hydrogens is 300 g/mol. The third-order valence-corrected chi connectivity index (χ3v) is 2.92. The number of benzene rings is 1. The van der Waals surface area contributed by atoms with Crippen molar-refractivity contribution in [3.8, 4) is 5.75 Å². The summed E-state index contributed by atoms with van der Waals surface area (Å²) in [6.45, 7) is 3.58. The molecule has 0 N–H and O–H groups in total. The monoisotopic (exact) mass is 314 g/mol. The third-order valence-electron chi connectivity index (χ3n) is 2.43. The molecule has 1 aromatic rings. The van der Waals surface area contributed by atoms with Gasteiger partial charge in [0.1, 0.15) is 12.4 Å². The molecule has 0 heterocycles. The van der Waals surface area contributed by atoms with Crippen molar-refractivity contribution >= 4 is 28.2 Å². The van der Waals surface area contributed by atoms with Crippen molar-refractivity contribution in [1.29, 1.82) is 0 Å². The fraction of sp³-hybridized carbons (Fsp3) is 0.385. The highest BCUT2D eigenvalue weighted by Crippen LogP contribution is 2.25. The summed E-state index contributed by atoms with van der Waals surface area (Å²) in [4.78, 5) is 22.4. The number of carbonyl (C=O) groups excluding carboxylic acids is 2. The molecule has 0 saturated carbocycles. The van der Waals surface area contributed by atoms with E-state index in [0.29, 0.717) is 17.6 Å². The van der Waals surface area contributed by atoms with Crippen molar-refractivity contribution in [1.82, 2.24) is 0 Å². The minimum absolute atomic E-state index is 0.141. The Bertz CT molecular complexity index is 454. The second kappa shape index (κ2) is 6.00. The molecule has 0 fully saturated rings. The molecule has 0 atom stereocenters. The summed E-state index contributed by atoms with van der Waals surface area (Å²) in [6, 6.07) is 5.11. The minimum atomic E-state index is -0.762. The van der Waals surface area contributed by atoms with Crippen molar-refractivity contribution in [3.63, 3.8) is 0 Å². The molecule has 18 heavy (non-hydrogen) atoms. The summed E-state index contributed by atoms with van der Waals surface area (Å²) in [7, 11) is 1.33. The Morgan fingerprint density at radius 3 is 2.67 bits per heavy atom. The largest absolute Gasteiger partial charge is 0.492 e. The second-order valence-electron chi connectivity index (χ2n) is 4.46. The van der Waals surface area contributed by atoms with Gasteiger partial charge in [-0.05, 0) is 32.0 Å². The van der Waals surface area contributed by atoms with Crippen LogP contribution in [0.2, 0.25) is 0 Å². The fourth-order valence-electron chi connectivity index (χ4n) is 1.34. The van der Waals surface area contributed by atoms with Crippen molar-refractivity contribution in [2.24, 2.45) is 5.41 Å². The van der Waals surface area contributed by atoms with Crippen LogP contribution in [0, 0.1) is 5.41 Å². The van der Waals surface area contributed by atoms with Gasteiger partial charge >= 0.3 is 5.97 Å². The van der Waals surface area contributed by atoms with Crippen LogP contribution in [0.4, 0.5) is 0 Å². The van der Waals surface area contributed by atoms with Gasteiger partial charge in [0.2, 0.25) is 0 Å². The topological polar surface area (TPSA) is 52.6 Å². The van der Waals surface area contributed by atoms with Gasteiger partial charge in [0.05, 0.1) is 18.1 Å². The summed E-state index contributed by atoms with van der Waals surface area (Å²) in [5.41, 5.74) is -0.327. The van der Waals surface area contributed by atoms with Crippen molar-refractivity contribution < 1.29 is 19.1 Å². The van der Waals surface area contributed by atoms with E-state index in [0.717, 1.165) is 4.47 Å². The first kappa shape index (κ1) is 14.7. The normalized spacial score (nSPS) is 10.9. The zero-order chi connectivity index (χ0) is 13.8. The molecule has 0 bridgehead atoms. The molecular formula is C13H15BrO4. The average molecular weight is 315 g/mol. The first-order valence-corrected chi connectivity index (χ1v) is 6.16. The van der Waals surface area contributed by atoms with Gasteiger partial charge in [0.15, 0.2) is 6.29 Å². The Kier molecular flexibility index (Phi) is 4.90. The van der Waals surface area contributed by atoms with E-state index in [-0.39, 0.29) is 12.6 Å². The first-order valence-electron chi connectivity index (χ1n) is 5.36. The number of hydrogen-bond donors (Lipinski definition) is 0. The van der Waals surface area contributed by atoms with Crippen LogP contribution >= 0.6 is 15.9 Å². The molecule has 1 aromatic carbocycles. The van der Waals surface area contributed by atoms with Gasteiger partial charge in [0.25, 0.3) is 0 Å². The summed E-state index contributed by atoms with van der Waals surface area (Å²) < 4.78 is 11.0. The molecule has 5 heteroatoms. The van der Waals surface area contributed by atoms with Crippen LogP contribution in [-0.2, 0) is 9.53 Å². The van der Waals surface area contributed by atoms with Crippen LogP contribution in [-0.4, -0.2) is 26.0 Å². The van der Waals surface area contributed by atoms with E-state index in [9.17, 15) is 9.59 Å². The predicted molar refractivity (Wildman–Crippen MR) is 70.8 cm³/mol. The van der Waals surface area contributed by atoms with Gasteiger partial charge in [-0.3, -0.25) is 9.59 Å². The van der Waals surface area contributed by atoms with Gasteiger partial charge < -0.3 is 9.47 Å². The third kappa shape index (κ3) is 3.57. The number of carbonyl (C=O) groups is 2. The minimum Gasteiger partial charge on any atom is -0.492 e. The number of rotatable bonds is 5. The van der Waals surface area contributed by atoms with Crippen LogP contribution < -0.4 is 4.74 Å². The standard InChI is InChI=1S/C13H15BrO4/c1-13(2,12(16)17-3)8-18-11-5-4-10(14)6-9(11)7-15/h4-7H,8H2,1-3H3. The van der Waals surface area contributed by atoms with Gasteiger partial charge in [-0.1, -0.05) is 15.9 Å². The number of methoxy groups -OCH3 is 1. The molecule has 0 unspecified atom stereocenters. The smallest absolute Gasteiger partial charge is 0.314 e. The second-order valence-corrected chi connectivity index (χ2v) is 5.38. The van der Waals surface area contributed by atoms with Crippen LogP contribution in [0.3, 0.4) is 0 Å². The van der Waals surface area contributed by atoms with E-state index in [1.165, 1.54) is 7.11 Å². The highest BCUT2D eigenvalue weighted by atomic mass is 79.9. The number of ether oxygens (including phenoxy) is 2. The summed E-state index contributed by atoms with van der Waals surface area (Å²) in [6.07, 6.45) is 0.714. The fourth-order valence-corrected chi connectivity index (χ4v) is 1.72. The van der Waals surface area contributed by atoms with E-state index in [2.05, 4.69) is 20.7 Å². The van der Waals surface area contributed by atoms with E-state index in [1.54, 1.807) is 32.0 Å². The Labute approximate surface area is 114 Å². The maximum atomic E-state index is 11.5. The molecule has 0 aromatic heterocycles. The van der Waals surface area contributed by atoms with Gasteiger partial charge in [0, 0.05) is 4.47 Å². The average Bonchev–Trinajstić information content (AvgIpc) is 2.36. The van der Waals surface area contributed by atoms with Gasteiger partial charge in [-0.15, -0.1) is 0 Å². The zero-order valence-electron chi connectivity index (χ0n) is 10.5. The van der Waals surface area contributed by atoms with E-state index in [4.69, 9.17) is 4.74 Å². The maximum absolute atomic E-state index is 11.5. The first-order chi connectivity index (χ1) is 8.40. The van der Waals surface area contributed by atoms with E-state index < -0.39 is 5.41 Å². The van der Waals surface area contributed by atoms with Crippen LogP contribution in [0.25, 0.3) is 0 Å². The van der Waals surface area contributed by atoms with Crippen LogP contribution in [0.5, 0.6) is 5.75 Å². The molecule has 0 aliphatic carbocycles. The highest BCUT2D eigenvalue weighted by Gasteiger charge is 2.30. The molecule has 4 nitrogen and oxygen atoms in total. The molecule has 0 saturated heterocycles. The molecule has 1 rings (SSSR count). The lowest BCUT2D eigenvalue weighted by Gasteiger charge is -2.22. The van der Waals surface area contributed by atoms with Crippen LogP contribution in [0.15, 0.2) is 22.7 Å². The number of halogens is 1. The van der Waals surface area contributed by atoms with Crippen molar-refractivity contribution in [2.75, 3.05) is 13.7 Å². The molecule has 98 valence electrons. The molecule has 0 aliphatic rings. The zero-order valence-corrected chi connectivity index (χ0v) is 12.1. The Hall–Kier alpha value is -1.36. The number of aldehydes is 1. The molecule has 0 aliphatic heterocycles. The lowest BCUT2D eigenvalue weighted by Crippen LogP contribution is -2.32.